The summed E-state index contributed by atoms with van der Waals surface area (Å²) in [5, 5.41) is 6.16. The van der Waals surface area contributed by atoms with Crippen molar-refractivity contribution >= 4 is 33.6 Å². The smallest absolute Gasteiger partial charge is 0.231 e. The van der Waals surface area contributed by atoms with Crippen molar-refractivity contribution in [2.24, 2.45) is 35.0 Å². The Kier molecular flexibility index (Phi) is 5.35. The number of hydrogen-bond donors (Lipinski definition) is 2. The number of carbonyl (C=O) groups excluding carboxylic acids is 2. The van der Waals surface area contributed by atoms with E-state index in [0.29, 0.717) is 18.9 Å². The second-order valence-corrected chi connectivity index (χ2v) is 13.6. The van der Waals surface area contributed by atoms with Crippen molar-refractivity contribution in [3.05, 3.63) is 11.1 Å². The molecule has 0 aromatic carbocycles. The fourth-order valence-corrected chi connectivity index (χ4v) is 9.30. The Morgan fingerprint density at radius 1 is 1.19 bits per heavy atom. The summed E-state index contributed by atoms with van der Waals surface area (Å²) < 4.78 is 25.7. The van der Waals surface area contributed by atoms with Crippen molar-refractivity contribution in [3.8, 4) is 0 Å². The Hall–Kier alpha value is -1.22. The first-order chi connectivity index (χ1) is 14.7. The first-order valence-electron chi connectivity index (χ1n) is 11.6. The molecular weight excluding hydrogens is 434 g/mol. The van der Waals surface area contributed by atoms with Crippen molar-refractivity contribution in [3.63, 3.8) is 0 Å². The summed E-state index contributed by atoms with van der Waals surface area (Å²) in [4.78, 5) is 27.2. The van der Waals surface area contributed by atoms with Gasteiger partial charge in [0.25, 0.3) is 0 Å². The van der Waals surface area contributed by atoms with Gasteiger partial charge in [0.05, 0.1) is 23.0 Å². The van der Waals surface area contributed by atoms with Gasteiger partial charge in [0.2, 0.25) is 21.8 Å². The molecule has 2 aliphatic heterocycles. The van der Waals surface area contributed by atoms with Gasteiger partial charge >= 0.3 is 0 Å². The van der Waals surface area contributed by atoms with Crippen LogP contribution in [0.1, 0.15) is 51.9 Å². The quantitative estimate of drug-likeness (QED) is 0.625. The number of thioether (sulfide) groups is 1. The van der Waals surface area contributed by atoms with Crippen molar-refractivity contribution in [1.82, 2.24) is 14.9 Å². The Morgan fingerprint density at radius 3 is 2.55 bits per heavy atom. The normalized spacial score (nSPS) is 40.6. The highest BCUT2D eigenvalue weighted by Crippen LogP contribution is 2.65. The summed E-state index contributed by atoms with van der Waals surface area (Å²) >= 11 is 1.53. The van der Waals surface area contributed by atoms with E-state index in [2.05, 4.69) is 10.6 Å². The van der Waals surface area contributed by atoms with E-state index in [4.69, 9.17) is 0 Å². The molecular formula is C22H33N3O4S2. The maximum absolute atomic E-state index is 13.4. The molecule has 2 heterocycles. The number of nitrogens with one attached hydrogen (secondary N) is 2. The van der Waals surface area contributed by atoms with E-state index >= 15 is 0 Å². The number of fused-ring (bicyclic) bond motifs is 1. The van der Waals surface area contributed by atoms with E-state index < -0.39 is 15.9 Å². The summed E-state index contributed by atoms with van der Waals surface area (Å²) in [6.45, 7) is 2.74. The van der Waals surface area contributed by atoms with Crippen LogP contribution in [0.15, 0.2) is 11.1 Å². The van der Waals surface area contributed by atoms with Crippen LogP contribution in [0, 0.1) is 35.0 Å². The highest BCUT2D eigenvalue weighted by atomic mass is 32.2. The molecule has 4 aliphatic carbocycles. The molecule has 5 fully saturated rings. The first-order valence-corrected chi connectivity index (χ1v) is 14.4. The molecule has 0 aromatic heterocycles. The average Bonchev–Trinajstić information content (AvgIpc) is 3.30. The van der Waals surface area contributed by atoms with Crippen LogP contribution in [0.2, 0.25) is 0 Å². The van der Waals surface area contributed by atoms with Crippen LogP contribution in [-0.4, -0.2) is 49.3 Å². The minimum Gasteiger partial charge on any atom is -0.356 e. The van der Waals surface area contributed by atoms with Gasteiger partial charge in [-0.15, -0.1) is 11.8 Å². The number of nitrogens with zero attached hydrogens (tertiary/aromatic N) is 1. The zero-order chi connectivity index (χ0) is 22.0. The Morgan fingerprint density at radius 2 is 1.90 bits per heavy atom. The van der Waals surface area contributed by atoms with E-state index in [0.717, 1.165) is 36.0 Å². The maximum atomic E-state index is 13.4. The summed E-state index contributed by atoms with van der Waals surface area (Å²) in [5.41, 5.74) is -0.174. The van der Waals surface area contributed by atoms with E-state index in [1.807, 2.05) is 6.92 Å². The molecule has 5 unspecified atom stereocenters. The Balaban J connectivity index is 1.32. The second kappa shape index (κ2) is 7.68. The number of sulfonamides is 1. The van der Waals surface area contributed by atoms with Crippen molar-refractivity contribution in [2.45, 2.75) is 57.2 Å². The summed E-state index contributed by atoms with van der Waals surface area (Å²) in [6, 6.07) is 0. The first kappa shape index (κ1) is 21.6. The third kappa shape index (κ3) is 3.69. The van der Waals surface area contributed by atoms with Gasteiger partial charge < -0.3 is 10.6 Å². The molecule has 0 spiro atoms. The average molecular weight is 468 g/mol. The van der Waals surface area contributed by atoms with Crippen LogP contribution in [0.25, 0.3) is 0 Å². The predicted octanol–water partition coefficient (Wildman–Crippen LogP) is 2.27. The van der Waals surface area contributed by atoms with Gasteiger partial charge in [0, 0.05) is 30.1 Å². The maximum Gasteiger partial charge on any atom is 0.231 e. The zero-order valence-corrected chi connectivity index (χ0v) is 19.9. The van der Waals surface area contributed by atoms with Gasteiger partial charge in [-0.25, -0.2) is 8.42 Å². The van der Waals surface area contributed by atoms with Crippen LogP contribution in [0.4, 0.5) is 0 Å². The molecule has 2 N–H and O–H groups in total. The van der Waals surface area contributed by atoms with Gasteiger partial charge in [-0.05, 0) is 62.7 Å². The zero-order valence-electron chi connectivity index (χ0n) is 18.3. The molecule has 0 radical (unpaired) electrons. The van der Waals surface area contributed by atoms with E-state index in [-0.39, 0.29) is 35.1 Å². The van der Waals surface area contributed by atoms with E-state index in [1.54, 1.807) is 6.20 Å². The molecule has 6 aliphatic rings. The summed E-state index contributed by atoms with van der Waals surface area (Å²) in [6.07, 6.45) is 10.2. The monoisotopic (exact) mass is 467 g/mol. The highest BCUT2D eigenvalue weighted by Gasteiger charge is 2.61. The fraction of sp³-hybridized carbons (Fsp3) is 0.818. The van der Waals surface area contributed by atoms with Gasteiger partial charge in [0.15, 0.2) is 0 Å². The standard InChI is InChI=1S/C22H33N3O4S2/c1-3-4-23-20(26)17-11-25(31(2,28)29)12-18-16(17)8-19(30-18)24-21(27)22-9-13-5-14(10-22)7-15(22)6-13/h12-17,19H,3-11H2,1-2H3,(H,23,26)(H,24,27). The fourth-order valence-electron chi connectivity index (χ4n) is 7.07. The molecule has 5 atom stereocenters. The number of hydrogen-bond acceptors (Lipinski definition) is 5. The van der Waals surface area contributed by atoms with Crippen molar-refractivity contribution in [2.75, 3.05) is 19.3 Å². The molecule has 31 heavy (non-hydrogen) atoms. The molecule has 7 nitrogen and oxygen atoms in total. The number of carbonyl (C=O) groups is 2. The van der Waals surface area contributed by atoms with Crippen molar-refractivity contribution in [1.29, 1.82) is 0 Å². The van der Waals surface area contributed by atoms with Crippen LogP contribution < -0.4 is 10.6 Å². The molecule has 172 valence electrons. The van der Waals surface area contributed by atoms with Crippen LogP contribution >= 0.6 is 11.8 Å². The Labute approximate surface area is 189 Å². The third-order valence-electron chi connectivity index (χ3n) is 8.29. The summed E-state index contributed by atoms with van der Waals surface area (Å²) in [5.74, 6) is 1.62. The molecule has 2 amide bonds. The van der Waals surface area contributed by atoms with Gasteiger partial charge in [-0.3, -0.25) is 13.9 Å². The lowest BCUT2D eigenvalue weighted by Crippen LogP contribution is -2.46. The Bertz CT molecular complexity index is 904. The van der Waals surface area contributed by atoms with Crippen LogP contribution in [0.5, 0.6) is 0 Å². The molecule has 4 saturated carbocycles. The number of allylic oxidation sites excluding steroid dienone is 1. The molecule has 0 aromatic rings. The minimum atomic E-state index is -3.44. The summed E-state index contributed by atoms with van der Waals surface area (Å²) in [7, 11) is -3.44. The SMILES string of the molecule is CCCNC(=O)C1CN(S(C)(=O)=O)C=C2SC(NC(=O)C34CC5CC(CC3C5)C4)CC21. The topological polar surface area (TPSA) is 95.6 Å². The lowest BCUT2D eigenvalue weighted by molar-refractivity contribution is -0.133. The second-order valence-electron chi connectivity index (χ2n) is 10.4. The highest BCUT2D eigenvalue weighted by molar-refractivity contribution is 8.04. The minimum absolute atomic E-state index is 0.0426. The molecule has 1 saturated heterocycles. The molecule has 6 rings (SSSR count). The van der Waals surface area contributed by atoms with Gasteiger partial charge in [-0.1, -0.05) is 6.92 Å². The van der Waals surface area contributed by atoms with Crippen LogP contribution in [-0.2, 0) is 19.6 Å². The van der Waals surface area contributed by atoms with Crippen LogP contribution in [0.3, 0.4) is 0 Å². The molecule has 9 heteroatoms. The predicted molar refractivity (Wildman–Crippen MR) is 120 cm³/mol. The third-order valence-corrected chi connectivity index (χ3v) is 10.7. The number of amides is 2. The van der Waals surface area contributed by atoms with E-state index in [1.165, 1.54) is 41.6 Å². The van der Waals surface area contributed by atoms with Gasteiger partial charge in [-0.2, -0.15) is 0 Å². The van der Waals surface area contributed by atoms with Crippen molar-refractivity contribution < 1.29 is 18.0 Å². The van der Waals surface area contributed by atoms with E-state index in [9.17, 15) is 18.0 Å². The lowest BCUT2D eigenvalue weighted by atomic mass is 9.75. The number of rotatable bonds is 6. The van der Waals surface area contributed by atoms with Gasteiger partial charge in [0.1, 0.15) is 0 Å². The lowest BCUT2D eigenvalue weighted by Gasteiger charge is -2.33. The largest absolute Gasteiger partial charge is 0.356 e. The molecule has 4 bridgehead atoms.